The summed E-state index contributed by atoms with van der Waals surface area (Å²) in [5.74, 6) is -0.293. The molecule has 0 saturated carbocycles. The second-order valence-electron chi connectivity index (χ2n) is 9.50. The highest BCUT2D eigenvalue weighted by molar-refractivity contribution is 14.1. The number of hydrogen-bond acceptors (Lipinski definition) is 3. The Bertz CT molecular complexity index is 1090. The van der Waals surface area contributed by atoms with Gasteiger partial charge in [0.2, 0.25) is 0 Å². The van der Waals surface area contributed by atoms with Crippen molar-refractivity contribution in [2.24, 2.45) is 5.41 Å². The third-order valence-electron chi connectivity index (χ3n) is 6.28. The van der Waals surface area contributed by atoms with E-state index in [9.17, 15) is 4.79 Å². The van der Waals surface area contributed by atoms with Crippen LogP contribution < -0.4 is 15.6 Å². The standard InChI is InChI=1S/C31H35IO3Si/c1-6-34-30(33)24(2)22-31(4,5)29(25(3)23-32)35-36(26-16-10-7-11-17-26,27-18-12-8-13-19-27)28-20-14-9-15-21-28/h7-23,29H,6H2,1-5H3/b24-22+,25-23+. The summed E-state index contributed by atoms with van der Waals surface area (Å²) < 4.78 is 14.9. The summed E-state index contributed by atoms with van der Waals surface area (Å²) in [6.07, 6.45) is 1.71. The molecule has 0 aliphatic carbocycles. The minimum Gasteiger partial charge on any atom is -0.463 e. The second-order valence-corrected chi connectivity index (χ2v) is 13.5. The number of carbonyl (C=O) groups excluding carboxylic acids is 1. The van der Waals surface area contributed by atoms with Crippen LogP contribution in [0.4, 0.5) is 0 Å². The number of carbonyl (C=O) groups is 1. The first-order chi connectivity index (χ1) is 17.3. The van der Waals surface area contributed by atoms with Gasteiger partial charge in [-0.1, -0.05) is 134 Å². The van der Waals surface area contributed by atoms with Crippen LogP contribution in [0.3, 0.4) is 0 Å². The first-order valence-corrected chi connectivity index (χ1v) is 15.4. The van der Waals surface area contributed by atoms with Gasteiger partial charge in [0.05, 0.1) is 12.7 Å². The van der Waals surface area contributed by atoms with E-state index in [2.05, 4.69) is 120 Å². The molecule has 0 radical (unpaired) electrons. The Kier molecular flexibility index (Phi) is 9.88. The summed E-state index contributed by atoms with van der Waals surface area (Å²) in [4.78, 5) is 12.5. The van der Waals surface area contributed by atoms with Crippen LogP contribution >= 0.6 is 22.6 Å². The lowest BCUT2D eigenvalue weighted by molar-refractivity contribution is -0.138. The minimum atomic E-state index is -2.96. The lowest BCUT2D eigenvalue weighted by Gasteiger charge is -2.42. The van der Waals surface area contributed by atoms with E-state index in [4.69, 9.17) is 9.16 Å². The lowest BCUT2D eigenvalue weighted by Crippen LogP contribution is -2.71. The van der Waals surface area contributed by atoms with Crippen molar-refractivity contribution in [2.75, 3.05) is 6.61 Å². The Hall–Kier alpha value is -2.48. The monoisotopic (exact) mass is 610 g/mol. The fraction of sp³-hybridized carbons (Fsp3) is 0.258. The summed E-state index contributed by atoms with van der Waals surface area (Å²) >= 11 is 2.29. The van der Waals surface area contributed by atoms with Crippen LogP contribution in [0.25, 0.3) is 0 Å². The number of esters is 1. The van der Waals surface area contributed by atoms with Gasteiger partial charge in [0.1, 0.15) is 0 Å². The van der Waals surface area contributed by atoms with Crippen LogP contribution in [-0.4, -0.2) is 27.0 Å². The van der Waals surface area contributed by atoms with E-state index in [1.54, 1.807) is 0 Å². The Labute approximate surface area is 230 Å². The molecule has 0 heterocycles. The molecule has 0 fully saturated rings. The molecule has 3 aromatic carbocycles. The van der Waals surface area contributed by atoms with E-state index in [1.165, 1.54) is 15.6 Å². The van der Waals surface area contributed by atoms with Gasteiger partial charge in [-0.05, 0) is 46.0 Å². The Morgan fingerprint density at radius 1 is 0.861 bits per heavy atom. The van der Waals surface area contributed by atoms with Gasteiger partial charge < -0.3 is 9.16 Å². The number of halogens is 1. The van der Waals surface area contributed by atoms with E-state index < -0.39 is 13.7 Å². The molecule has 1 atom stereocenters. The number of hydrogen-bond donors (Lipinski definition) is 0. The van der Waals surface area contributed by atoms with Crippen molar-refractivity contribution in [1.29, 1.82) is 0 Å². The molecule has 36 heavy (non-hydrogen) atoms. The number of ether oxygens (including phenoxy) is 1. The topological polar surface area (TPSA) is 35.5 Å². The van der Waals surface area contributed by atoms with Gasteiger partial charge in [-0.25, -0.2) is 4.79 Å². The van der Waals surface area contributed by atoms with E-state index >= 15 is 0 Å². The predicted octanol–water partition coefficient (Wildman–Crippen LogP) is 5.91. The molecular formula is C31H35IO3Si. The molecular weight excluding hydrogens is 575 g/mol. The van der Waals surface area contributed by atoms with E-state index in [0.717, 1.165) is 5.57 Å². The smallest absolute Gasteiger partial charge is 0.333 e. The molecule has 5 heteroatoms. The van der Waals surface area contributed by atoms with Crippen molar-refractivity contribution in [1.82, 2.24) is 0 Å². The zero-order valence-electron chi connectivity index (χ0n) is 21.7. The number of benzene rings is 3. The van der Waals surface area contributed by atoms with Gasteiger partial charge in [-0.3, -0.25) is 0 Å². The SMILES string of the molecule is CCOC(=O)/C(C)=C/C(C)(C)C(O[Si](c1ccccc1)(c1ccccc1)c1ccccc1)/C(C)=C/I. The van der Waals surface area contributed by atoms with Crippen LogP contribution in [0.15, 0.2) is 112 Å². The summed E-state index contributed by atoms with van der Waals surface area (Å²) in [5.41, 5.74) is 1.20. The van der Waals surface area contributed by atoms with Crippen molar-refractivity contribution in [3.63, 3.8) is 0 Å². The molecule has 0 aliphatic heterocycles. The third-order valence-corrected chi connectivity index (χ3v) is 11.3. The average Bonchev–Trinajstić information content (AvgIpc) is 2.90. The maximum absolute atomic E-state index is 12.5. The van der Waals surface area contributed by atoms with Gasteiger partial charge in [-0.15, -0.1) is 0 Å². The fourth-order valence-electron chi connectivity index (χ4n) is 4.73. The van der Waals surface area contributed by atoms with Crippen LogP contribution in [0.1, 0.15) is 34.6 Å². The minimum absolute atomic E-state index is 0.286. The normalized spacial score (nSPS) is 13.8. The van der Waals surface area contributed by atoms with Crippen molar-refractivity contribution >= 4 is 52.4 Å². The predicted molar refractivity (Wildman–Crippen MR) is 161 cm³/mol. The second kappa shape index (κ2) is 12.7. The van der Waals surface area contributed by atoms with E-state index in [-0.39, 0.29) is 12.1 Å². The van der Waals surface area contributed by atoms with E-state index in [0.29, 0.717) is 12.2 Å². The zero-order chi connectivity index (χ0) is 26.2. The van der Waals surface area contributed by atoms with Gasteiger partial charge in [0.25, 0.3) is 8.32 Å². The number of rotatable bonds is 10. The van der Waals surface area contributed by atoms with Crippen LogP contribution in [-0.2, 0) is 14.0 Å². The third kappa shape index (κ3) is 6.25. The highest BCUT2D eigenvalue weighted by atomic mass is 127. The molecule has 0 saturated heterocycles. The fourth-order valence-corrected chi connectivity index (χ4v) is 9.29. The summed E-state index contributed by atoms with van der Waals surface area (Å²) in [6.45, 7) is 10.4. The van der Waals surface area contributed by atoms with Gasteiger partial charge in [0, 0.05) is 11.0 Å². The Balaban J connectivity index is 2.28. The van der Waals surface area contributed by atoms with Crippen molar-refractivity contribution in [2.45, 2.75) is 40.7 Å². The quantitative estimate of drug-likeness (QED) is 0.0942. The molecule has 0 spiro atoms. The molecule has 3 aromatic rings. The maximum atomic E-state index is 12.5. The summed E-state index contributed by atoms with van der Waals surface area (Å²) in [6, 6.07) is 31.7. The molecule has 1 unspecified atom stereocenters. The molecule has 0 N–H and O–H groups in total. The van der Waals surface area contributed by atoms with Crippen molar-refractivity contribution < 1.29 is 14.0 Å². The Morgan fingerprint density at radius 3 is 1.64 bits per heavy atom. The molecule has 0 aliphatic rings. The molecule has 0 bridgehead atoms. The lowest BCUT2D eigenvalue weighted by atomic mass is 9.82. The highest BCUT2D eigenvalue weighted by Gasteiger charge is 2.46. The molecule has 0 aromatic heterocycles. The van der Waals surface area contributed by atoms with Crippen LogP contribution in [0.5, 0.6) is 0 Å². The maximum Gasteiger partial charge on any atom is 0.333 e. The first kappa shape index (κ1) is 28.1. The zero-order valence-corrected chi connectivity index (χ0v) is 24.9. The molecule has 0 amide bonds. The van der Waals surface area contributed by atoms with Gasteiger partial charge in [0.15, 0.2) is 0 Å². The average molecular weight is 611 g/mol. The van der Waals surface area contributed by atoms with Crippen LogP contribution in [0, 0.1) is 5.41 Å². The van der Waals surface area contributed by atoms with E-state index in [1.807, 2.05) is 38.1 Å². The molecule has 188 valence electrons. The summed E-state index contributed by atoms with van der Waals surface area (Å²) in [5, 5.41) is 3.53. The summed E-state index contributed by atoms with van der Waals surface area (Å²) in [7, 11) is -2.96. The van der Waals surface area contributed by atoms with Gasteiger partial charge in [-0.2, -0.15) is 0 Å². The molecule has 3 rings (SSSR count). The van der Waals surface area contributed by atoms with Gasteiger partial charge >= 0.3 is 5.97 Å². The largest absolute Gasteiger partial charge is 0.463 e. The van der Waals surface area contributed by atoms with Crippen molar-refractivity contribution in [3.8, 4) is 0 Å². The van der Waals surface area contributed by atoms with Crippen LogP contribution in [0.2, 0.25) is 0 Å². The molecule has 3 nitrogen and oxygen atoms in total. The first-order valence-electron chi connectivity index (χ1n) is 12.2. The Morgan fingerprint density at radius 2 is 1.28 bits per heavy atom. The highest BCUT2D eigenvalue weighted by Crippen LogP contribution is 2.34. The van der Waals surface area contributed by atoms with Crippen molar-refractivity contribution in [3.05, 3.63) is 112 Å².